The summed E-state index contributed by atoms with van der Waals surface area (Å²) in [6.45, 7) is 2.64. The molecule has 0 amide bonds. The molecule has 2 rings (SSSR count). The van der Waals surface area contributed by atoms with Crippen LogP contribution in [0.15, 0.2) is 23.0 Å². The van der Waals surface area contributed by atoms with Crippen LogP contribution in [0.4, 0.5) is 0 Å². The zero-order valence-corrected chi connectivity index (χ0v) is 9.99. The second-order valence-corrected chi connectivity index (χ2v) is 4.33. The van der Waals surface area contributed by atoms with Gasteiger partial charge in [-0.05, 0) is 17.7 Å². The van der Waals surface area contributed by atoms with Crippen molar-refractivity contribution in [3.8, 4) is 0 Å². The molecule has 96 valence electrons. The van der Waals surface area contributed by atoms with Crippen LogP contribution < -0.4 is 11.0 Å². The van der Waals surface area contributed by atoms with E-state index in [4.69, 9.17) is 5.11 Å². The summed E-state index contributed by atoms with van der Waals surface area (Å²) in [5.41, 5.74) is 2.29. The largest absolute Gasteiger partial charge is 0.481 e. The number of imidazole rings is 1. The Morgan fingerprint density at radius 1 is 1.39 bits per heavy atom. The molecule has 18 heavy (non-hydrogen) atoms. The van der Waals surface area contributed by atoms with Gasteiger partial charge in [-0.2, -0.15) is 0 Å². The van der Waals surface area contributed by atoms with Crippen molar-refractivity contribution >= 4 is 17.0 Å². The number of hydrogen-bond donors (Lipinski definition) is 4. The predicted molar refractivity (Wildman–Crippen MR) is 67.4 cm³/mol. The van der Waals surface area contributed by atoms with E-state index in [9.17, 15) is 9.59 Å². The van der Waals surface area contributed by atoms with E-state index in [0.717, 1.165) is 16.6 Å². The van der Waals surface area contributed by atoms with Gasteiger partial charge >= 0.3 is 11.7 Å². The van der Waals surface area contributed by atoms with Gasteiger partial charge in [0.1, 0.15) is 0 Å². The molecule has 6 nitrogen and oxygen atoms in total. The van der Waals surface area contributed by atoms with Gasteiger partial charge in [-0.3, -0.25) is 4.79 Å². The molecule has 0 saturated heterocycles. The van der Waals surface area contributed by atoms with E-state index in [1.807, 2.05) is 18.2 Å². The minimum atomic E-state index is -0.812. The number of carboxylic acid groups (broad SMARTS) is 1. The molecule has 1 unspecified atom stereocenters. The fourth-order valence-corrected chi connectivity index (χ4v) is 1.71. The van der Waals surface area contributed by atoms with E-state index in [0.29, 0.717) is 13.1 Å². The molecule has 1 atom stereocenters. The highest BCUT2D eigenvalue weighted by molar-refractivity contribution is 5.75. The van der Waals surface area contributed by atoms with E-state index in [2.05, 4.69) is 15.3 Å². The first kappa shape index (κ1) is 12.4. The number of carbonyl (C=O) groups is 1. The topological polar surface area (TPSA) is 98.0 Å². The second kappa shape index (κ2) is 5.05. The second-order valence-electron chi connectivity index (χ2n) is 4.33. The van der Waals surface area contributed by atoms with E-state index in [1.54, 1.807) is 6.92 Å². The van der Waals surface area contributed by atoms with Gasteiger partial charge in [0, 0.05) is 13.1 Å². The molecule has 2 aromatic rings. The van der Waals surface area contributed by atoms with Crippen molar-refractivity contribution in [2.75, 3.05) is 6.54 Å². The summed E-state index contributed by atoms with van der Waals surface area (Å²) in [5.74, 6) is -1.23. The Morgan fingerprint density at radius 3 is 2.83 bits per heavy atom. The van der Waals surface area contributed by atoms with Gasteiger partial charge < -0.3 is 20.4 Å². The minimum absolute atomic E-state index is 0.227. The lowest BCUT2D eigenvalue weighted by Crippen LogP contribution is -2.25. The van der Waals surface area contributed by atoms with Crippen LogP contribution in [0.25, 0.3) is 11.0 Å². The van der Waals surface area contributed by atoms with Crippen LogP contribution in [-0.4, -0.2) is 27.6 Å². The lowest BCUT2D eigenvalue weighted by atomic mass is 10.1. The fraction of sp³-hybridized carbons (Fsp3) is 0.333. The van der Waals surface area contributed by atoms with Gasteiger partial charge in [0.25, 0.3) is 0 Å². The smallest absolute Gasteiger partial charge is 0.323 e. The number of H-pyrrole nitrogens is 2. The lowest BCUT2D eigenvalue weighted by Gasteiger charge is -2.08. The third-order valence-corrected chi connectivity index (χ3v) is 2.78. The van der Waals surface area contributed by atoms with Gasteiger partial charge in [-0.25, -0.2) is 4.79 Å². The lowest BCUT2D eigenvalue weighted by molar-refractivity contribution is -0.140. The molecule has 0 spiro atoms. The molecule has 1 aromatic carbocycles. The van der Waals surface area contributed by atoms with Crippen LogP contribution in [0, 0.1) is 5.92 Å². The first-order valence-corrected chi connectivity index (χ1v) is 5.70. The highest BCUT2D eigenvalue weighted by Gasteiger charge is 2.09. The normalized spacial score (nSPS) is 12.7. The Bertz CT molecular complexity index is 614. The van der Waals surface area contributed by atoms with Crippen LogP contribution in [0.3, 0.4) is 0 Å². The number of nitrogens with one attached hydrogen (secondary N) is 3. The molecule has 1 aromatic heterocycles. The maximum absolute atomic E-state index is 11.1. The average molecular weight is 249 g/mol. The molecule has 0 bridgehead atoms. The molecule has 0 aliphatic carbocycles. The molecule has 1 heterocycles. The van der Waals surface area contributed by atoms with Gasteiger partial charge in [0.2, 0.25) is 0 Å². The summed E-state index contributed by atoms with van der Waals surface area (Å²) in [6.07, 6.45) is 0. The number of aliphatic carboxylic acids is 1. The first-order chi connectivity index (χ1) is 8.56. The van der Waals surface area contributed by atoms with E-state index in [1.165, 1.54) is 0 Å². The van der Waals surface area contributed by atoms with Crippen molar-refractivity contribution in [2.24, 2.45) is 5.92 Å². The maximum Gasteiger partial charge on any atom is 0.323 e. The molecule has 4 N–H and O–H groups in total. The third kappa shape index (κ3) is 2.78. The van der Waals surface area contributed by atoms with E-state index < -0.39 is 11.9 Å². The number of aromatic nitrogens is 2. The average Bonchev–Trinajstić information content (AvgIpc) is 2.68. The Morgan fingerprint density at radius 2 is 2.11 bits per heavy atom. The van der Waals surface area contributed by atoms with E-state index in [-0.39, 0.29) is 5.69 Å². The van der Waals surface area contributed by atoms with Crippen LogP contribution in [0.1, 0.15) is 12.5 Å². The number of hydrogen-bond acceptors (Lipinski definition) is 3. The monoisotopic (exact) mass is 249 g/mol. The summed E-state index contributed by atoms with van der Waals surface area (Å²) in [6, 6.07) is 5.58. The standard InChI is InChI=1S/C12H15N3O3/c1-7(11(16)17)5-13-6-8-2-3-9-10(4-8)15-12(18)14-9/h2-4,7,13H,5-6H2,1H3,(H,16,17)(H2,14,15,18). The molecule has 6 heteroatoms. The summed E-state index contributed by atoms with van der Waals surface area (Å²) >= 11 is 0. The highest BCUT2D eigenvalue weighted by Crippen LogP contribution is 2.09. The fourth-order valence-electron chi connectivity index (χ4n) is 1.71. The summed E-state index contributed by atoms with van der Waals surface area (Å²) < 4.78 is 0. The Kier molecular flexibility index (Phi) is 3.47. The van der Waals surface area contributed by atoms with Crippen LogP contribution in [0.2, 0.25) is 0 Å². The van der Waals surface area contributed by atoms with Crippen molar-refractivity contribution in [1.29, 1.82) is 0 Å². The Hall–Kier alpha value is -2.08. The number of benzene rings is 1. The molecule has 0 aliphatic heterocycles. The molecular formula is C12H15N3O3. The predicted octanol–water partition coefficient (Wildman–Crippen LogP) is 0.666. The van der Waals surface area contributed by atoms with Gasteiger partial charge in [0.15, 0.2) is 0 Å². The SMILES string of the molecule is CC(CNCc1ccc2[nH]c(=O)[nH]c2c1)C(=O)O. The first-order valence-electron chi connectivity index (χ1n) is 5.70. The molecule has 0 aliphatic rings. The summed E-state index contributed by atoms with van der Waals surface area (Å²) in [5, 5.41) is 11.8. The maximum atomic E-state index is 11.1. The number of fused-ring (bicyclic) bond motifs is 1. The number of carboxylic acids is 1. The quantitative estimate of drug-likeness (QED) is 0.626. The summed E-state index contributed by atoms with van der Waals surface area (Å²) in [7, 11) is 0. The van der Waals surface area contributed by atoms with Gasteiger partial charge in [0.05, 0.1) is 17.0 Å². The van der Waals surface area contributed by atoms with Crippen molar-refractivity contribution in [2.45, 2.75) is 13.5 Å². The molecule has 0 radical (unpaired) electrons. The number of rotatable bonds is 5. The van der Waals surface area contributed by atoms with Gasteiger partial charge in [-0.1, -0.05) is 13.0 Å². The van der Waals surface area contributed by atoms with Crippen LogP contribution in [-0.2, 0) is 11.3 Å². The van der Waals surface area contributed by atoms with Gasteiger partial charge in [-0.15, -0.1) is 0 Å². The van der Waals surface area contributed by atoms with Crippen LogP contribution in [0.5, 0.6) is 0 Å². The number of aromatic amines is 2. The Balaban J connectivity index is 1.99. The third-order valence-electron chi connectivity index (χ3n) is 2.78. The van der Waals surface area contributed by atoms with Crippen molar-refractivity contribution in [3.05, 3.63) is 34.2 Å². The zero-order chi connectivity index (χ0) is 13.1. The van der Waals surface area contributed by atoms with Crippen molar-refractivity contribution in [1.82, 2.24) is 15.3 Å². The molecule has 0 fully saturated rings. The van der Waals surface area contributed by atoms with Crippen molar-refractivity contribution < 1.29 is 9.90 Å². The molecular weight excluding hydrogens is 234 g/mol. The van der Waals surface area contributed by atoms with Crippen molar-refractivity contribution in [3.63, 3.8) is 0 Å². The Labute approximate surface area is 103 Å². The molecule has 0 saturated carbocycles. The van der Waals surface area contributed by atoms with E-state index >= 15 is 0 Å². The zero-order valence-electron chi connectivity index (χ0n) is 9.99. The highest BCUT2D eigenvalue weighted by atomic mass is 16.4. The minimum Gasteiger partial charge on any atom is -0.481 e. The summed E-state index contributed by atoms with van der Waals surface area (Å²) in [4.78, 5) is 27.1. The van der Waals surface area contributed by atoms with Crippen LogP contribution >= 0.6 is 0 Å².